The summed E-state index contributed by atoms with van der Waals surface area (Å²) in [5.74, 6) is 1.04. The van der Waals surface area contributed by atoms with E-state index in [4.69, 9.17) is 10.00 Å². The summed E-state index contributed by atoms with van der Waals surface area (Å²) in [6.07, 6.45) is 2.22. The smallest absolute Gasteiger partial charge is 0.234 e. The first-order valence-electron chi connectivity index (χ1n) is 3.61. The number of hydrogen-bond donors (Lipinski definition) is 0. The van der Waals surface area contributed by atoms with Crippen LogP contribution in [-0.2, 0) is 6.42 Å². The second kappa shape index (κ2) is 3.67. The first-order chi connectivity index (χ1) is 5.81. The van der Waals surface area contributed by atoms with E-state index in [1.807, 2.05) is 13.0 Å². The van der Waals surface area contributed by atoms with Crippen LogP contribution in [0.1, 0.15) is 18.3 Å². The number of aromatic nitrogens is 2. The first-order valence-corrected chi connectivity index (χ1v) is 3.61. The number of methoxy groups -OCH3 is 1. The molecule has 0 unspecified atom stereocenters. The van der Waals surface area contributed by atoms with Crippen molar-refractivity contribution in [2.45, 2.75) is 13.3 Å². The number of aryl methyl sites for hydroxylation is 1. The minimum absolute atomic E-state index is 0.351. The van der Waals surface area contributed by atoms with Gasteiger partial charge in [-0.3, -0.25) is 0 Å². The molecular weight excluding hydrogens is 154 g/mol. The average molecular weight is 163 g/mol. The van der Waals surface area contributed by atoms with Gasteiger partial charge in [-0.2, -0.15) is 10.2 Å². The maximum Gasteiger partial charge on any atom is 0.234 e. The second-order valence-corrected chi connectivity index (χ2v) is 2.17. The van der Waals surface area contributed by atoms with Crippen molar-refractivity contribution < 1.29 is 4.74 Å². The maximum absolute atomic E-state index is 8.60. The van der Waals surface area contributed by atoms with Gasteiger partial charge < -0.3 is 4.74 Å². The largest absolute Gasteiger partial charge is 0.480 e. The van der Waals surface area contributed by atoms with Crippen molar-refractivity contribution in [2.75, 3.05) is 7.11 Å². The predicted molar refractivity (Wildman–Crippen MR) is 42.7 cm³/mol. The Balaban J connectivity index is 3.13. The lowest BCUT2D eigenvalue weighted by Crippen LogP contribution is -1.98. The summed E-state index contributed by atoms with van der Waals surface area (Å²) in [6, 6.07) is 1.95. The molecule has 12 heavy (non-hydrogen) atoms. The second-order valence-electron chi connectivity index (χ2n) is 2.17. The molecule has 0 bridgehead atoms. The fourth-order valence-corrected chi connectivity index (χ4v) is 0.803. The van der Waals surface area contributed by atoms with E-state index in [2.05, 4.69) is 9.97 Å². The fourth-order valence-electron chi connectivity index (χ4n) is 0.803. The molecule has 0 aromatic carbocycles. The third kappa shape index (κ3) is 1.51. The molecule has 0 spiro atoms. The normalized spacial score (nSPS) is 9.08. The van der Waals surface area contributed by atoms with E-state index in [0.29, 0.717) is 17.3 Å². The molecule has 0 saturated heterocycles. The number of nitrogens with zero attached hydrogens (tertiary/aromatic N) is 3. The molecule has 0 aliphatic heterocycles. The quantitative estimate of drug-likeness (QED) is 0.650. The van der Waals surface area contributed by atoms with Gasteiger partial charge in [0.05, 0.1) is 13.3 Å². The van der Waals surface area contributed by atoms with Gasteiger partial charge in [0, 0.05) is 6.42 Å². The van der Waals surface area contributed by atoms with Crippen LogP contribution >= 0.6 is 0 Å². The van der Waals surface area contributed by atoms with Gasteiger partial charge in [-0.15, -0.1) is 0 Å². The molecule has 0 radical (unpaired) electrons. The number of nitriles is 1. The zero-order chi connectivity index (χ0) is 8.97. The van der Waals surface area contributed by atoms with Crippen LogP contribution in [0.15, 0.2) is 6.20 Å². The lowest BCUT2D eigenvalue weighted by atomic mass is 10.3. The fraction of sp³-hybridized carbons (Fsp3) is 0.375. The Labute approximate surface area is 70.8 Å². The SMILES string of the molecule is CCc1ncc(C#N)c(OC)n1. The highest BCUT2D eigenvalue weighted by Crippen LogP contribution is 2.12. The van der Waals surface area contributed by atoms with Crippen molar-refractivity contribution in [3.8, 4) is 11.9 Å². The molecule has 0 aliphatic carbocycles. The Morgan fingerprint density at radius 2 is 2.42 bits per heavy atom. The molecule has 0 saturated carbocycles. The van der Waals surface area contributed by atoms with Crippen molar-refractivity contribution in [2.24, 2.45) is 0 Å². The zero-order valence-corrected chi connectivity index (χ0v) is 7.03. The molecule has 0 fully saturated rings. The molecular formula is C8H9N3O. The summed E-state index contributed by atoms with van der Waals surface area (Å²) in [4.78, 5) is 7.99. The molecule has 0 aliphatic rings. The van der Waals surface area contributed by atoms with E-state index < -0.39 is 0 Å². The molecule has 1 aromatic rings. The van der Waals surface area contributed by atoms with Crippen molar-refractivity contribution in [3.05, 3.63) is 17.6 Å². The van der Waals surface area contributed by atoms with Gasteiger partial charge in [0.2, 0.25) is 5.88 Å². The van der Waals surface area contributed by atoms with Crippen LogP contribution in [0.3, 0.4) is 0 Å². The Morgan fingerprint density at radius 3 is 2.92 bits per heavy atom. The van der Waals surface area contributed by atoms with E-state index in [1.165, 1.54) is 13.3 Å². The summed E-state index contributed by atoms with van der Waals surface area (Å²) in [7, 11) is 1.49. The highest BCUT2D eigenvalue weighted by Gasteiger charge is 2.04. The topological polar surface area (TPSA) is 58.8 Å². The molecule has 0 N–H and O–H groups in total. The van der Waals surface area contributed by atoms with Crippen molar-refractivity contribution >= 4 is 0 Å². The molecule has 4 heteroatoms. The summed E-state index contributed by atoms with van der Waals surface area (Å²) in [5, 5.41) is 8.60. The summed E-state index contributed by atoms with van der Waals surface area (Å²) in [6.45, 7) is 1.95. The highest BCUT2D eigenvalue weighted by molar-refractivity contribution is 5.35. The number of ether oxygens (including phenoxy) is 1. The van der Waals surface area contributed by atoms with Crippen LogP contribution in [0.2, 0.25) is 0 Å². The average Bonchev–Trinajstić information content (AvgIpc) is 2.16. The standard InChI is InChI=1S/C8H9N3O/c1-3-7-10-5-6(4-9)8(11-7)12-2/h5H,3H2,1-2H3. The minimum Gasteiger partial charge on any atom is -0.480 e. The first kappa shape index (κ1) is 8.47. The van der Waals surface area contributed by atoms with E-state index in [1.54, 1.807) is 0 Å². The van der Waals surface area contributed by atoms with Crippen molar-refractivity contribution in [1.29, 1.82) is 5.26 Å². The van der Waals surface area contributed by atoms with E-state index in [0.717, 1.165) is 6.42 Å². The summed E-state index contributed by atoms with van der Waals surface area (Å²) in [5.41, 5.74) is 0.370. The highest BCUT2D eigenvalue weighted by atomic mass is 16.5. The van der Waals surface area contributed by atoms with Crippen LogP contribution in [0.4, 0.5) is 0 Å². The maximum atomic E-state index is 8.60. The molecule has 0 atom stereocenters. The van der Waals surface area contributed by atoms with Gasteiger partial charge in [0.15, 0.2) is 0 Å². The van der Waals surface area contributed by atoms with Crippen LogP contribution in [-0.4, -0.2) is 17.1 Å². The molecule has 1 rings (SSSR count). The van der Waals surface area contributed by atoms with E-state index >= 15 is 0 Å². The van der Waals surface area contributed by atoms with E-state index in [9.17, 15) is 0 Å². The van der Waals surface area contributed by atoms with E-state index in [-0.39, 0.29) is 0 Å². The van der Waals surface area contributed by atoms with Crippen molar-refractivity contribution in [3.63, 3.8) is 0 Å². The molecule has 1 aromatic heterocycles. The third-order valence-electron chi connectivity index (χ3n) is 1.43. The van der Waals surface area contributed by atoms with Crippen molar-refractivity contribution in [1.82, 2.24) is 9.97 Å². The van der Waals surface area contributed by atoms with Gasteiger partial charge in [-0.1, -0.05) is 6.92 Å². The van der Waals surface area contributed by atoms with Crippen LogP contribution in [0.25, 0.3) is 0 Å². The minimum atomic E-state index is 0.351. The predicted octanol–water partition coefficient (Wildman–Crippen LogP) is 0.919. The lowest BCUT2D eigenvalue weighted by molar-refractivity contribution is 0.393. The Hall–Kier alpha value is -1.63. The van der Waals surface area contributed by atoms with Crippen LogP contribution in [0.5, 0.6) is 5.88 Å². The molecule has 1 heterocycles. The lowest BCUT2D eigenvalue weighted by Gasteiger charge is -2.01. The van der Waals surface area contributed by atoms with Gasteiger partial charge in [0.1, 0.15) is 17.5 Å². The van der Waals surface area contributed by atoms with Gasteiger partial charge in [-0.25, -0.2) is 4.98 Å². The Bertz CT molecular complexity index is 317. The summed E-state index contributed by atoms with van der Waals surface area (Å²) < 4.78 is 4.91. The monoisotopic (exact) mass is 163 g/mol. The van der Waals surface area contributed by atoms with Gasteiger partial charge in [0.25, 0.3) is 0 Å². The third-order valence-corrected chi connectivity index (χ3v) is 1.43. The number of hydrogen-bond acceptors (Lipinski definition) is 4. The Morgan fingerprint density at radius 1 is 1.67 bits per heavy atom. The van der Waals surface area contributed by atoms with Gasteiger partial charge in [-0.05, 0) is 0 Å². The number of rotatable bonds is 2. The molecule has 0 amide bonds. The van der Waals surface area contributed by atoms with Crippen LogP contribution in [0, 0.1) is 11.3 Å². The molecule has 62 valence electrons. The Kier molecular flexibility index (Phi) is 2.59. The summed E-state index contributed by atoms with van der Waals surface area (Å²) >= 11 is 0. The zero-order valence-electron chi connectivity index (χ0n) is 7.03. The van der Waals surface area contributed by atoms with Crippen LogP contribution < -0.4 is 4.74 Å². The molecule has 4 nitrogen and oxygen atoms in total. The van der Waals surface area contributed by atoms with Gasteiger partial charge >= 0.3 is 0 Å².